The first kappa shape index (κ1) is 14.5. The topological polar surface area (TPSA) is 72.0 Å². The Bertz CT molecular complexity index is 781. The summed E-state index contributed by atoms with van der Waals surface area (Å²) < 4.78 is 29.1. The lowest BCUT2D eigenvalue weighted by Crippen LogP contribution is -2.16. The standard InChI is InChI=1S/C15H20N2O3S/c1-8-9(2)20-10(3)14(8)15-16-12-6-5-11(21(4,18)19)7-13(12)17-15/h5-10,14H,1-4H3,(H,16,17). The number of rotatable bonds is 2. The number of H-pyrrole nitrogens is 1. The minimum atomic E-state index is -3.21. The van der Waals surface area contributed by atoms with Gasteiger partial charge in [0.2, 0.25) is 0 Å². The van der Waals surface area contributed by atoms with Crippen LogP contribution in [0.5, 0.6) is 0 Å². The average Bonchev–Trinajstić information content (AvgIpc) is 2.89. The first-order valence-corrected chi connectivity index (χ1v) is 9.01. The lowest BCUT2D eigenvalue weighted by atomic mass is 9.89. The highest BCUT2D eigenvalue weighted by molar-refractivity contribution is 7.90. The molecule has 114 valence electrons. The van der Waals surface area contributed by atoms with Crippen LogP contribution in [0.2, 0.25) is 0 Å². The third-order valence-electron chi connectivity index (χ3n) is 4.46. The Balaban J connectivity index is 2.06. The van der Waals surface area contributed by atoms with Gasteiger partial charge in [0.05, 0.1) is 28.1 Å². The van der Waals surface area contributed by atoms with Crippen LogP contribution in [0.1, 0.15) is 32.5 Å². The van der Waals surface area contributed by atoms with Crippen LogP contribution in [-0.4, -0.2) is 36.8 Å². The van der Waals surface area contributed by atoms with E-state index in [4.69, 9.17) is 4.74 Å². The molecule has 21 heavy (non-hydrogen) atoms. The second-order valence-corrected chi connectivity index (χ2v) is 8.02. The minimum Gasteiger partial charge on any atom is -0.374 e. The maximum Gasteiger partial charge on any atom is 0.175 e. The fourth-order valence-electron chi connectivity index (χ4n) is 3.13. The van der Waals surface area contributed by atoms with Crippen LogP contribution in [0.3, 0.4) is 0 Å². The number of nitrogens with zero attached hydrogens (tertiary/aromatic N) is 1. The van der Waals surface area contributed by atoms with Gasteiger partial charge in [0, 0.05) is 12.2 Å². The van der Waals surface area contributed by atoms with Crippen molar-refractivity contribution in [2.24, 2.45) is 5.92 Å². The van der Waals surface area contributed by atoms with Crippen molar-refractivity contribution in [1.29, 1.82) is 0 Å². The maximum absolute atomic E-state index is 11.6. The molecule has 2 aromatic rings. The number of fused-ring (bicyclic) bond motifs is 1. The Morgan fingerprint density at radius 1 is 1.19 bits per heavy atom. The molecule has 0 bridgehead atoms. The molecule has 4 atom stereocenters. The number of ether oxygens (including phenoxy) is 1. The lowest BCUT2D eigenvalue weighted by molar-refractivity contribution is 0.0554. The summed E-state index contributed by atoms with van der Waals surface area (Å²) in [5.74, 6) is 1.45. The van der Waals surface area contributed by atoms with Gasteiger partial charge < -0.3 is 9.72 Å². The fourth-order valence-corrected chi connectivity index (χ4v) is 3.78. The molecule has 0 radical (unpaired) electrons. The summed E-state index contributed by atoms with van der Waals surface area (Å²) in [6, 6.07) is 5.00. The molecule has 1 fully saturated rings. The third-order valence-corrected chi connectivity index (χ3v) is 5.57. The van der Waals surface area contributed by atoms with Crippen LogP contribution in [0.4, 0.5) is 0 Å². The molecule has 1 saturated heterocycles. The van der Waals surface area contributed by atoms with Gasteiger partial charge in [-0.05, 0) is 38.0 Å². The highest BCUT2D eigenvalue weighted by atomic mass is 32.2. The van der Waals surface area contributed by atoms with Crippen LogP contribution in [0.25, 0.3) is 11.0 Å². The van der Waals surface area contributed by atoms with E-state index in [1.54, 1.807) is 18.2 Å². The van der Waals surface area contributed by atoms with Crippen LogP contribution in [0.15, 0.2) is 23.1 Å². The van der Waals surface area contributed by atoms with Crippen LogP contribution < -0.4 is 0 Å². The van der Waals surface area contributed by atoms with E-state index in [9.17, 15) is 8.42 Å². The Morgan fingerprint density at radius 2 is 1.90 bits per heavy atom. The van der Waals surface area contributed by atoms with Crippen molar-refractivity contribution in [2.45, 2.75) is 43.8 Å². The van der Waals surface area contributed by atoms with E-state index in [2.05, 4.69) is 30.7 Å². The Hall–Kier alpha value is -1.40. The van der Waals surface area contributed by atoms with Gasteiger partial charge in [0.15, 0.2) is 9.84 Å². The molecule has 4 unspecified atom stereocenters. The number of aromatic amines is 1. The summed E-state index contributed by atoms with van der Waals surface area (Å²) in [4.78, 5) is 8.21. The largest absolute Gasteiger partial charge is 0.374 e. The quantitative estimate of drug-likeness (QED) is 0.925. The highest BCUT2D eigenvalue weighted by Gasteiger charge is 2.39. The predicted octanol–water partition coefficient (Wildman–Crippen LogP) is 2.49. The molecule has 0 saturated carbocycles. The third kappa shape index (κ3) is 2.46. The van der Waals surface area contributed by atoms with E-state index in [-0.39, 0.29) is 18.1 Å². The zero-order chi connectivity index (χ0) is 15.4. The number of benzene rings is 1. The normalized spacial score (nSPS) is 30.1. The van der Waals surface area contributed by atoms with Gasteiger partial charge >= 0.3 is 0 Å². The highest BCUT2D eigenvalue weighted by Crippen LogP contribution is 2.39. The second-order valence-electron chi connectivity index (χ2n) is 6.00. The summed E-state index contributed by atoms with van der Waals surface area (Å²) in [6.07, 6.45) is 1.51. The van der Waals surface area contributed by atoms with Gasteiger partial charge in [-0.25, -0.2) is 13.4 Å². The molecule has 1 N–H and O–H groups in total. The van der Waals surface area contributed by atoms with E-state index in [0.717, 1.165) is 16.9 Å². The zero-order valence-electron chi connectivity index (χ0n) is 12.6. The van der Waals surface area contributed by atoms with Crippen LogP contribution in [0, 0.1) is 5.92 Å². The predicted molar refractivity (Wildman–Crippen MR) is 81.1 cm³/mol. The molecule has 5 nitrogen and oxygen atoms in total. The number of nitrogens with one attached hydrogen (secondary N) is 1. The molecule has 0 amide bonds. The summed E-state index contributed by atoms with van der Waals surface area (Å²) in [5, 5.41) is 0. The number of imidazole rings is 1. The SMILES string of the molecule is CC1OC(C)C(c2nc3ccc(S(C)(=O)=O)cc3[nH]2)C1C. The summed E-state index contributed by atoms with van der Waals surface area (Å²) in [6.45, 7) is 6.29. The van der Waals surface area contributed by atoms with Gasteiger partial charge in [-0.2, -0.15) is 0 Å². The summed E-state index contributed by atoms with van der Waals surface area (Å²) >= 11 is 0. The van der Waals surface area contributed by atoms with Gasteiger partial charge in [0.25, 0.3) is 0 Å². The molecule has 3 rings (SSSR count). The molecule has 1 aromatic carbocycles. The van der Waals surface area contributed by atoms with E-state index in [1.165, 1.54) is 6.26 Å². The van der Waals surface area contributed by atoms with E-state index in [0.29, 0.717) is 10.8 Å². The zero-order valence-corrected chi connectivity index (χ0v) is 13.4. The van der Waals surface area contributed by atoms with Gasteiger partial charge in [-0.15, -0.1) is 0 Å². The van der Waals surface area contributed by atoms with Crippen molar-refractivity contribution in [1.82, 2.24) is 9.97 Å². The molecule has 0 spiro atoms. The van der Waals surface area contributed by atoms with E-state index < -0.39 is 9.84 Å². The van der Waals surface area contributed by atoms with Gasteiger partial charge in [-0.3, -0.25) is 0 Å². The minimum absolute atomic E-state index is 0.102. The Kier molecular flexibility index (Phi) is 3.33. The fraction of sp³-hybridized carbons (Fsp3) is 0.533. The van der Waals surface area contributed by atoms with Crippen molar-refractivity contribution in [3.8, 4) is 0 Å². The second kappa shape index (κ2) is 4.81. The molecule has 1 aliphatic rings. The van der Waals surface area contributed by atoms with Crippen molar-refractivity contribution < 1.29 is 13.2 Å². The number of hydrogen-bond donors (Lipinski definition) is 1. The Labute approximate surface area is 124 Å². The van der Waals surface area contributed by atoms with Gasteiger partial charge in [0.1, 0.15) is 5.82 Å². The summed E-state index contributed by atoms with van der Waals surface area (Å²) in [7, 11) is -3.21. The van der Waals surface area contributed by atoms with Crippen LogP contribution in [-0.2, 0) is 14.6 Å². The van der Waals surface area contributed by atoms with Crippen molar-refractivity contribution in [3.63, 3.8) is 0 Å². The number of sulfone groups is 1. The molecule has 1 aliphatic heterocycles. The molecular weight excluding hydrogens is 288 g/mol. The first-order valence-electron chi connectivity index (χ1n) is 7.12. The monoisotopic (exact) mass is 308 g/mol. The lowest BCUT2D eigenvalue weighted by Gasteiger charge is -2.15. The van der Waals surface area contributed by atoms with Crippen molar-refractivity contribution in [3.05, 3.63) is 24.0 Å². The Morgan fingerprint density at radius 3 is 2.48 bits per heavy atom. The maximum atomic E-state index is 11.6. The van der Waals surface area contributed by atoms with E-state index >= 15 is 0 Å². The molecular formula is C15H20N2O3S. The molecule has 6 heteroatoms. The van der Waals surface area contributed by atoms with Crippen molar-refractivity contribution >= 4 is 20.9 Å². The van der Waals surface area contributed by atoms with Crippen LogP contribution >= 0.6 is 0 Å². The van der Waals surface area contributed by atoms with Crippen molar-refractivity contribution in [2.75, 3.05) is 6.26 Å². The molecule has 0 aliphatic carbocycles. The first-order chi connectivity index (χ1) is 9.77. The average molecular weight is 308 g/mol. The number of aromatic nitrogens is 2. The summed E-state index contributed by atoms with van der Waals surface area (Å²) in [5.41, 5.74) is 1.54. The smallest absolute Gasteiger partial charge is 0.175 e. The van der Waals surface area contributed by atoms with Gasteiger partial charge in [-0.1, -0.05) is 6.92 Å². The molecule has 1 aromatic heterocycles. The number of hydrogen-bond acceptors (Lipinski definition) is 4. The van der Waals surface area contributed by atoms with E-state index in [1.807, 2.05) is 0 Å². The molecule has 2 heterocycles.